The molecule has 1 aromatic rings. The SMILES string of the molecule is CCNC(=NCc1ccc(F)cc1)N1CC[C@@H](O)C1.I. The number of β-amino-alcohol motifs (C(OH)–C–C–N with tert-alkyl or cyclic N) is 1. The third-order valence-corrected chi connectivity index (χ3v) is 3.12. The van der Waals surface area contributed by atoms with Crippen LogP contribution < -0.4 is 5.32 Å². The molecule has 1 aliphatic heterocycles. The van der Waals surface area contributed by atoms with Gasteiger partial charge in [0.2, 0.25) is 0 Å². The van der Waals surface area contributed by atoms with Gasteiger partial charge in [0.05, 0.1) is 12.6 Å². The van der Waals surface area contributed by atoms with Crippen molar-refractivity contribution in [3.8, 4) is 0 Å². The van der Waals surface area contributed by atoms with Crippen LogP contribution >= 0.6 is 24.0 Å². The van der Waals surface area contributed by atoms with Crippen LogP contribution in [0.1, 0.15) is 18.9 Å². The van der Waals surface area contributed by atoms with Crippen LogP contribution in [0, 0.1) is 5.82 Å². The van der Waals surface area contributed by atoms with Crippen molar-refractivity contribution in [2.24, 2.45) is 4.99 Å². The van der Waals surface area contributed by atoms with E-state index in [1.807, 2.05) is 6.92 Å². The number of hydrogen-bond donors (Lipinski definition) is 2. The van der Waals surface area contributed by atoms with Gasteiger partial charge in [0, 0.05) is 19.6 Å². The minimum atomic E-state index is -0.269. The molecule has 1 heterocycles. The molecular formula is C14H21FIN3O. The standard InChI is InChI=1S/C14H20FN3O.HI/c1-2-16-14(18-8-7-13(19)10-18)17-9-11-3-5-12(15)6-4-11;/h3-6,13,19H,2,7-10H2,1H3,(H,16,17);1H/t13-;/m1./s1. The lowest BCUT2D eigenvalue weighted by Gasteiger charge is -2.20. The molecule has 0 saturated carbocycles. The maximum atomic E-state index is 12.8. The van der Waals surface area contributed by atoms with Gasteiger partial charge in [-0.3, -0.25) is 0 Å². The predicted octanol–water partition coefficient (Wildman–Crippen LogP) is 1.98. The number of rotatable bonds is 3. The van der Waals surface area contributed by atoms with Gasteiger partial charge in [0.15, 0.2) is 5.96 Å². The maximum absolute atomic E-state index is 12.8. The Labute approximate surface area is 136 Å². The molecule has 1 fully saturated rings. The quantitative estimate of drug-likeness (QED) is 0.469. The van der Waals surface area contributed by atoms with Crippen molar-refractivity contribution in [1.82, 2.24) is 10.2 Å². The minimum Gasteiger partial charge on any atom is -0.391 e. The summed E-state index contributed by atoms with van der Waals surface area (Å²) in [4.78, 5) is 6.58. The molecule has 0 aromatic heterocycles. The van der Waals surface area contributed by atoms with Crippen molar-refractivity contribution < 1.29 is 9.50 Å². The first-order valence-corrected chi connectivity index (χ1v) is 6.65. The number of aliphatic hydroxyl groups is 1. The first-order chi connectivity index (χ1) is 9.19. The second kappa shape index (κ2) is 8.41. The molecule has 0 radical (unpaired) electrons. The minimum absolute atomic E-state index is 0. The highest BCUT2D eigenvalue weighted by Gasteiger charge is 2.22. The first kappa shape index (κ1) is 17.2. The van der Waals surface area contributed by atoms with E-state index in [-0.39, 0.29) is 35.9 Å². The largest absolute Gasteiger partial charge is 0.391 e. The average Bonchev–Trinajstić information content (AvgIpc) is 2.83. The van der Waals surface area contributed by atoms with E-state index in [9.17, 15) is 9.50 Å². The summed E-state index contributed by atoms with van der Waals surface area (Å²) in [5, 5.41) is 12.8. The number of likely N-dealkylation sites (tertiary alicyclic amines) is 1. The number of nitrogens with one attached hydrogen (secondary N) is 1. The van der Waals surface area contributed by atoms with E-state index in [2.05, 4.69) is 15.2 Å². The molecule has 0 bridgehead atoms. The van der Waals surface area contributed by atoms with Crippen LogP contribution in [0.3, 0.4) is 0 Å². The smallest absolute Gasteiger partial charge is 0.194 e. The van der Waals surface area contributed by atoms with Crippen molar-refractivity contribution in [3.63, 3.8) is 0 Å². The van der Waals surface area contributed by atoms with E-state index in [0.717, 1.165) is 31.0 Å². The predicted molar refractivity (Wildman–Crippen MR) is 88.8 cm³/mol. The van der Waals surface area contributed by atoms with Gasteiger partial charge >= 0.3 is 0 Å². The summed E-state index contributed by atoms with van der Waals surface area (Å²) in [7, 11) is 0. The summed E-state index contributed by atoms with van der Waals surface area (Å²) in [6.45, 7) is 4.75. The zero-order valence-corrected chi connectivity index (χ0v) is 13.9. The molecule has 6 heteroatoms. The fourth-order valence-electron chi connectivity index (χ4n) is 2.12. The summed E-state index contributed by atoms with van der Waals surface area (Å²) in [6.07, 6.45) is 0.510. The zero-order valence-electron chi connectivity index (χ0n) is 11.6. The summed E-state index contributed by atoms with van der Waals surface area (Å²) in [5.74, 6) is 0.575. The molecule has 4 nitrogen and oxygen atoms in total. The van der Waals surface area contributed by atoms with E-state index < -0.39 is 0 Å². The van der Waals surface area contributed by atoms with Crippen molar-refractivity contribution >= 4 is 29.9 Å². The lowest BCUT2D eigenvalue weighted by atomic mass is 10.2. The normalized spacial score (nSPS) is 18.9. The molecule has 2 rings (SSSR count). The van der Waals surface area contributed by atoms with Crippen LogP contribution in [-0.4, -0.2) is 41.7 Å². The Bertz CT molecular complexity index is 439. The molecule has 1 aliphatic rings. The van der Waals surface area contributed by atoms with Crippen LogP contribution in [0.5, 0.6) is 0 Å². The Morgan fingerprint density at radius 3 is 2.70 bits per heavy atom. The first-order valence-electron chi connectivity index (χ1n) is 6.65. The number of aliphatic imine (C=N–C) groups is 1. The molecule has 1 aromatic carbocycles. The highest BCUT2D eigenvalue weighted by molar-refractivity contribution is 14.0. The van der Waals surface area contributed by atoms with Gasteiger partial charge < -0.3 is 15.3 Å². The summed E-state index contributed by atoms with van der Waals surface area (Å²) < 4.78 is 12.8. The van der Waals surface area contributed by atoms with Crippen LogP contribution in [0.4, 0.5) is 4.39 Å². The Morgan fingerprint density at radius 1 is 1.45 bits per heavy atom. The van der Waals surface area contributed by atoms with Gasteiger partial charge in [-0.15, -0.1) is 24.0 Å². The Balaban J connectivity index is 0.00000200. The van der Waals surface area contributed by atoms with Gasteiger partial charge in [-0.05, 0) is 31.0 Å². The number of halogens is 2. The van der Waals surface area contributed by atoms with Crippen LogP contribution in [0.15, 0.2) is 29.3 Å². The number of hydrogen-bond acceptors (Lipinski definition) is 2. The summed E-state index contributed by atoms with van der Waals surface area (Å²) >= 11 is 0. The molecule has 1 atom stereocenters. The van der Waals surface area contributed by atoms with Crippen molar-refractivity contribution in [1.29, 1.82) is 0 Å². The van der Waals surface area contributed by atoms with E-state index in [1.165, 1.54) is 12.1 Å². The van der Waals surface area contributed by atoms with Crippen LogP contribution in [-0.2, 0) is 6.54 Å². The van der Waals surface area contributed by atoms with Crippen molar-refractivity contribution in [2.75, 3.05) is 19.6 Å². The van der Waals surface area contributed by atoms with Crippen molar-refractivity contribution in [2.45, 2.75) is 26.0 Å². The molecule has 112 valence electrons. The molecule has 2 N–H and O–H groups in total. The number of guanidine groups is 1. The van der Waals surface area contributed by atoms with Gasteiger partial charge in [0.25, 0.3) is 0 Å². The Kier molecular flexibility index (Phi) is 7.22. The lowest BCUT2D eigenvalue weighted by Crippen LogP contribution is -2.40. The van der Waals surface area contributed by atoms with Crippen LogP contribution in [0.2, 0.25) is 0 Å². The topological polar surface area (TPSA) is 47.9 Å². The molecule has 0 unspecified atom stereocenters. The third kappa shape index (κ3) is 4.90. The maximum Gasteiger partial charge on any atom is 0.194 e. The van der Waals surface area contributed by atoms with E-state index in [1.54, 1.807) is 12.1 Å². The highest BCUT2D eigenvalue weighted by Crippen LogP contribution is 2.10. The zero-order chi connectivity index (χ0) is 13.7. The lowest BCUT2D eigenvalue weighted by molar-refractivity contribution is 0.188. The van der Waals surface area contributed by atoms with E-state index >= 15 is 0 Å². The molecule has 0 spiro atoms. The number of benzene rings is 1. The summed E-state index contributed by atoms with van der Waals surface area (Å²) in [5.41, 5.74) is 0.969. The average molecular weight is 393 g/mol. The second-order valence-electron chi connectivity index (χ2n) is 4.69. The number of nitrogens with zero attached hydrogens (tertiary/aromatic N) is 2. The fourth-order valence-corrected chi connectivity index (χ4v) is 2.12. The molecule has 0 aliphatic carbocycles. The summed E-state index contributed by atoms with van der Waals surface area (Å²) in [6, 6.07) is 6.36. The Hall–Kier alpha value is -0.890. The Morgan fingerprint density at radius 2 is 2.15 bits per heavy atom. The molecular weight excluding hydrogens is 372 g/mol. The molecule has 20 heavy (non-hydrogen) atoms. The van der Waals surface area contributed by atoms with Gasteiger partial charge in [-0.1, -0.05) is 12.1 Å². The monoisotopic (exact) mass is 393 g/mol. The van der Waals surface area contributed by atoms with Gasteiger partial charge in [0.1, 0.15) is 5.82 Å². The van der Waals surface area contributed by atoms with Gasteiger partial charge in [-0.25, -0.2) is 9.38 Å². The van der Waals surface area contributed by atoms with E-state index in [4.69, 9.17) is 0 Å². The van der Waals surface area contributed by atoms with Gasteiger partial charge in [-0.2, -0.15) is 0 Å². The second-order valence-corrected chi connectivity index (χ2v) is 4.69. The fraction of sp³-hybridized carbons (Fsp3) is 0.500. The van der Waals surface area contributed by atoms with E-state index in [0.29, 0.717) is 13.1 Å². The van der Waals surface area contributed by atoms with Crippen molar-refractivity contribution in [3.05, 3.63) is 35.6 Å². The molecule has 1 saturated heterocycles. The molecule has 0 amide bonds. The van der Waals surface area contributed by atoms with Crippen LogP contribution in [0.25, 0.3) is 0 Å². The highest BCUT2D eigenvalue weighted by atomic mass is 127. The number of aliphatic hydroxyl groups excluding tert-OH is 1. The third-order valence-electron chi connectivity index (χ3n) is 3.12.